The van der Waals surface area contributed by atoms with Crippen molar-refractivity contribution in [1.82, 2.24) is 0 Å². The van der Waals surface area contributed by atoms with Gasteiger partial charge in [-0.15, -0.1) is 11.8 Å². The number of carbonyl (C=O) groups excluding carboxylic acids is 3. The molecule has 2 amide bonds. The third kappa shape index (κ3) is 6.86. The fourth-order valence-electron chi connectivity index (χ4n) is 3.61. The van der Waals surface area contributed by atoms with Crippen LogP contribution in [0.3, 0.4) is 0 Å². The average Bonchev–Trinajstić information content (AvgIpc) is 2.93. The molecule has 4 aromatic rings. The molecule has 0 saturated carbocycles. The number of anilines is 2. The van der Waals surface area contributed by atoms with Gasteiger partial charge in [-0.3, -0.25) is 9.59 Å². The van der Waals surface area contributed by atoms with Gasteiger partial charge in [-0.1, -0.05) is 42.5 Å². The smallest absolute Gasteiger partial charge is 0.338 e. The molecule has 6 nitrogen and oxygen atoms in total. The first-order valence-corrected chi connectivity index (χ1v) is 12.8. The summed E-state index contributed by atoms with van der Waals surface area (Å²) in [4.78, 5) is 38.4. The molecule has 2 N–H and O–H groups in total. The van der Waals surface area contributed by atoms with E-state index in [0.717, 1.165) is 10.5 Å². The highest BCUT2D eigenvalue weighted by atomic mass is 32.2. The molecule has 0 spiro atoms. The third-order valence-corrected chi connectivity index (χ3v) is 6.75. The van der Waals surface area contributed by atoms with Crippen LogP contribution in [-0.4, -0.2) is 24.4 Å². The minimum atomic E-state index is -0.593. The van der Waals surface area contributed by atoms with Crippen molar-refractivity contribution in [2.24, 2.45) is 0 Å². The summed E-state index contributed by atoms with van der Waals surface area (Å²) < 4.78 is 18.9. The van der Waals surface area contributed by atoms with E-state index in [2.05, 4.69) is 10.6 Å². The second kappa shape index (κ2) is 12.7. The molecule has 1 atom stereocenters. The summed E-state index contributed by atoms with van der Waals surface area (Å²) in [6, 6.07) is 28.7. The summed E-state index contributed by atoms with van der Waals surface area (Å²) in [6.45, 7) is 2.02. The van der Waals surface area contributed by atoms with Crippen molar-refractivity contribution >= 4 is 40.9 Å². The first kappa shape index (κ1) is 26.6. The van der Waals surface area contributed by atoms with Gasteiger partial charge in [0.15, 0.2) is 0 Å². The van der Waals surface area contributed by atoms with Crippen molar-refractivity contribution in [1.29, 1.82) is 0 Å². The highest BCUT2D eigenvalue weighted by molar-refractivity contribution is 8.00. The lowest BCUT2D eigenvalue weighted by Gasteiger charge is -2.17. The molecule has 0 heterocycles. The van der Waals surface area contributed by atoms with Crippen LogP contribution >= 0.6 is 11.8 Å². The van der Waals surface area contributed by atoms with Gasteiger partial charge in [0.1, 0.15) is 11.1 Å². The summed E-state index contributed by atoms with van der Waals surface area (Å²) in [5, 5.41) is 5.03. The largest absolute Gasteiger partial charge is 0.462 e. The number of hydrogen-bond acceptors (Lipinski definition) is 5. The second-order valence-electron chi connectivity index (χ2n) is 8.15. The Morgan fingerprint density at radius 2 is 1.39 bits per heavy atom. The number of benzene rings is 4. The maximum Gasteiger partial charge on any atom is 0.338 e. The number of carbonyl (C=O) groups is 3. The number of esters is 1. The Morgan fingerprint density at radius 1 is 0.789 bits per heavy atom. The van der Waals surface area contributed by atoms with E-state index in [4.69, 9.17) is 4.74 Å². The lowest BCUT2D eigenvalue weighted by atomic mass is 10.1. The van der Waals surface area contributed by atoms with Gasteiger partial charge >= 0.3 is 5.97 Å². The van der Waals surface area contributed by atoms with Gasteiger partial charge in [-0.25, -0.2) is 9.18 Å². The first-order valence-electron chi connectivity index (χ1n) is 11.9. The Hall–Kier alpha value is -4.43. The van der Waals surface area contributed by atoms with Crippen LogP contribution in [-0.2, 0) is 9.53 Å². The van der Waals surface area contributed by atoms with Crippen molar-refractivity contribution in [2.45, 2.75) is 17.1 Å². The molecule has 0 aliphatic rings. The van der Waals surface area contributed by atoms with Gasteiger partial charge in [0, 0.05) is 16.3 Å². The molecule has 4 aromatic carbocycles. The molecule has 0 bridgehead atoms. The van der Waals surface area contributed by atoms with Crippen LogP contribution in [0.2, 0.25) is 0 Å². The predicted octanol–water partition coefficient (Wildman–Crippen LogP) is 6.73. The summed E-state index contributed by atoms with van der Waals surface area (Å²) >= 11 is 1.35. The van der Waals surface area contributed by atoms with Crippen LogP contribution in [0.25, 0.3) is 0 Å². The number of halogens is 1. The molecule has 192 valence electrons. The number of thioether (sulfide) groups is 1. The molecule has 0 aliphatic carbocycles. The van der Waals surface area contributed by atoms with Crippen molar-refractivity contribution in [3.8, 4) is 0 Å². The zero-order chi connectivity index (χ0) is 26.9. The molecule has 1 unspecified atom stereocenters. The summed E-state index contributed by atoms with van der Waals surface area (Å²) in [5.41, 5.74) is 2.24. The fourth-order valence-corrected chi connectivity index (χ4v) is 4.63. The normalized spacial score (nSPS) is 11.3. The molecule has 4 rings (SSSR count). The Bertz CT molecular complexity index is 1410. The van der Waals surface area contributed by atoms with E-state index in [1.165, 1.54) is 30.0 Å². The van der Waals surface area contributed by atoms with Gasteiger partial charge in [0.25, 0.3) is 5.91 Å². The molecule has 0 aromatic heterocycles. The number of rotatable bonds is 9. The summed E-state index contributed by atoms with van der Waals surface area (Å²) in [6.07, 6.45) is 0. The van der Waals surface area contributed by atoms with E-state index in [-0.39, 0.29) is 18.1 Å². The van der Waals surface area contributed by atoms with E-state index < -0.39 is 22.9 Å². The standard InChI is InChI=1S/C30H25FN2O4S/c1-2-37-30(36)21-12-14-22(15-13-21)33-29(35)27(20-8-4-3-5-9-20)38-24-18-16-23(17-19-24)32-28(34)25-10-6-7-11-26(25)31/h3-19,27H,2H2,1H3,(H,32,34)(H,33,35). The zero-order valence-corrected chi connectivity index (χ0v) is 21.3. The Balaban J connectivity index is 1.46. The van der Waals surface area contributed by atoms with Crippen LogP contribution in [0, 0.1) is 5.82 Å². The van der Waals surface area contributed by atoms with Gasteiger partial charge in [-0.2, -0.15) is 0 Å². The average molecular weight is 529 g/mol. The first-order chi connectivity index (χ1) is 18.4. The highest BCUT2D eigenvalue weighted by Crippen LogP contribution is 2.36. The Labute approximate surface area is 224 Å². The molecule has 0 fully saturated rings. The van der Waals surface area contributed by atoms with E-state index in [9.17, 15) is 18.8 Å². The van der Waals surface area contributed by atoms with Crippen molar-refractivity contribution < 1.29 is 23.5 Å². The monoisotopic (exact) mass is 528 g/mol. The number of amides is 2. The molecular formula is C30H25FN2O4S. The van der Waals surface area contributed by atoms with E-state index in [0.29, 0.717) is 16.9 Å². The molecule has 0 aliphatic heterocycles. The number of hydrogen-bond donors (Lipinski definition) is 2. The van der Waals surface area contributed by atoms with Crippen LogP contribution in [0.4, 0.5) is 15.8 Å². The van der Waals surface area contributed by atoms with Gasteiger partial charge < -0.3 is 15.4 Å². The Morgan fingerprint density at radius 3 is 2.05 bits per heavy atom. The number of nitrogens with one attached hydrogen (secondary N) is 2. The molecule has 38 heavy (non-hydrogen) atoms. The molecule has 0 saturated heterocycles. The zero-order valence-electron chi connectivity index (χ0n) is 20.5. The van der Waals surface area contributed by atoms with E-state index >= 15 is 0 Å². The molecular weight excluding hydrogens is 503 g/mol. The fraction of sp³-hybridized carbons (Fsp3) is 0.100. The van der Waals surface area contributed by atoms with Crippen molar-refractivity contribution in [3.05, 3.63) is 126 Å². The van der Waals surface area contributed by atoms with Gasteiger partial charge in [-0.05, 0) is 73.2 Å². The minimum Gasteiger partial charge on any atom is -0.462 e. The highest BCUT2D eigenvalue weighted by Gasteiger charge is 2.22. The summed E-state index contributed by atoms with van der Waals surface area (Å²) in [7, 11) is 0. The molecule has 8 heteroatoms. The van der Waals surface area contributed by atoms with Gasteiger partial charge in [0.2, 0.25) is 5.91 Å². The van der Waals surface area contributed by atoms with Crippen LogP contribution in [0.15, 0.2) is 108 Å². The van der Waals surface area contributed by atoms with E-state index in [1.807, 2.05) is 30.3 Å². The quantitative estimate of drug-likeness (QED) is 0.186. The number of ether oxygens (including phenoxy) is 1. The van der Waals surface area contributed by atoms with Crippen molar-refractivity contribution in [2.75, 3.05) is 17.2 Å². The predicted molar refractivity (Wildman–Crippen MR) is 147 cm³/mol. The topological polar surface area (TPSA) is 84.5 Å². The third-order valence-electron chi connectivity index (χ3n) is 5.49. The van der Waals surface area contributed by atoms with E-state index in [1.54, 1.807) is 61.5 Å². The van der Waals surface area contributed by atoms with Crippen LogP contribution in [0.5, 0.6) is 0 Å². The maximum atomic E-state index is 13.9. The lowest BCUT2D eigenvalue weighted by molar-refractivity contribution is -0.115. The SMILES string of the molecule is CCOC(=O)c1ccc(NC(=O)C(Sc2ccc(NC(=O)c3ccccc3F)cc2)c2ccccc2)cc1. The molecule has 0 radical (unpaired) electrons. The minimum absolute atomic E-state index is 0.0398. The maximum absolute atomic E-state index is 13.9. The Kier molecular flexibility index (Phi) is 8.89. The lowest BCUT2D eigenvalue weighted by Crippen LogP contribution is -2.19. The second-order valence-corrected chi connectivity index (χ2v) is 9.33. The van der Waals surface area contributed by atoms with Gasteiger partial charge in [0.05, 0.1) is 17.7 Å². The van der Waals surface area contributed by atoms with Crippen LogP contribution in [0.1, 0.15) is 38.5 Å². The summed E-state index contributed by atoms with van der Waals surface area (Å²) in [5.74, 6) is -1.79. The van der Waals surface area contributed by atoms with Crippen LogP contribution < -0.4 is 10.6 Å². The van der Waals surface area contributed by atoms with Crippen molar-refractivity contribution in [3.63, 3.8) is 0 Å².